The zero-order valence-corrected chi connectivity index (χ0v) is 12.7. The van der Waals surface area contributed by atoms with Crippen molar-refractivity contribution in [1.29, 1.82) is 0 Å². The molecule has 0 fully saturated rings. The second-order valence-electron chi connectivity index (χ2n) is 4.24. The van der Waals surface area contributed by atoms with Gasteiger partial charge in [-0.2, -0.15) is 10.6 Å². The largest absolute Gasteiger partial charge is 0.496 e. The van der Waals surface area contributed by atoms with Gasteiger partial charge in [0.1, 0.15) is 5.75 Å². The summed E-state index contributed by atoms with van der Waals surface area (Å²) in [5.74, 6) is 1.11. The van der Waals surface area contributed by atoms with Crippen molar-refractivity contribution in [2.75, 3.05) is 12.9 Å². The van der Waals surface area contributed by atoms with Crippen molar-refractivity contribution >= 4 is 33.7 Å². The van der Waals surface area contributed by atoms with Gasteiger partial charge in [0.15, 0.2) is 0 Å². The van der Waals surface area contributed by atoms with Crippen LogP contribution >= 0.6 is 33.7 Å². The molecule has 2 heterocycles. The van der Waals surface area contributed by atoms with Gasteiger partial charge in [0.25, 0.3) is 0 Å². The van der Waals surface area contributed by atoms with Crippen molar-refractivity contribution in [3.63, 3.8) is 0 Å². The molecule has 19 heavy (non-hydrogen) atoms. The van der Waals surface area contributed by atoms with Crippen LogP contribution in [0.5, 0.6) is 5.75 Å². The van der Waals surface area contributed by atoms with Gasteiger partial charge in [-0.1, -0.05) is 12.1 Å². The third-order valence-corrected chi connectivity index (χ3v) is 7.42. The van der Waals surface area contributed by atoms with Gasteiger partial charge in [0.2, 0.25) is 0 Å². The minimum Gasteiger partial charge on any atom is -0.496 e. The van der Waals surface area contributed by atoms with Crippen LogP contribution in [-0.4, -0.2) is 22.0 Å². The predicted octanol–water partition coefficient (Wildman–Crippen LogP) is 4.71. The Morgan fingerprint density at radius 1 is 1.32 bits per heavy atom. The Morgan fingerprint density at radius 3 is 2.84 bits per heavy atom. The highest BCUT2D eigenvalue weighted by Gasteiger charge is 2.38. The first-order chi connectivity index (χ1) is 9.12. The first-order valence-corrected chi connectivity index (χ1v) is 9.22. The van der Waals surface area contributed by atoms with E-state index in [2.05, 4.69) is 6.07 Å². The van der Waals surface area contributed by atoms with Crippen molar-refractivity contribution < 1.29 is 13.8 Å². The summed E-state index contributed by atoms with van der Waals surface area (Å²) in [5.41, 5.74) is 0.934. The van der Waals surface area contributed by atoms with E-state index in [1.165, 1.54) is 4.21 Å². The quantitative estimate of drug-likeness (QED) is 0.861. The molecule has 1 aliphatic rings. The molecule has 0 saturated carbocycles. The van der Waals surface area contributed by atoms with Crippen molar-refractivity contribution in [3.05, 3.63) is 41.3 Å². The van der Waals surface area contributed by atoms with Crippen LogP contribution in [0.1, 0.15) is 10.8 Å². The normalized spacial score (nSPS) is 21.9. The lowest BCUT2D eigenvalue weighted by Crippen LogP contribution is -1.98. The molecule has 1 unspecified atom stereocenters. The number of hydrogen-bond donors (Lipinski definition) is 2. The molecular weight excluding hydrogens is 300 g/mol. The van der Waals surface area contributed by atoms with Crippen LogP contribution in [0.2, 0.25) is 0 Å². The molecule has 3 nitrogen and oxygen atoms in total. The van der Waals surface area contributed by atoms with Crippen LogP contribution in [0.15, 0.2) is 44.8 Å². The Balaban J connectivity index is 2.02. The summed E-state index contributed by atoms with van der Waals surface area (Å²) in [6, 6.07) is 9.53. The van der Waals surface area contributed by atoms with Crippen LogP contribution < -0.4 is 4.74 Å². The number of methoxy groups -OCH3 is 1. The average Bonchev–Trinajstić information content (AvgIpc) is 2.97. The summed E-state index contributed by atoms with van der Waals surface area (Å²) in [7, 11) is -1.07. The molecule has 1 aliphatic heterocycles. The van der Waals surface area contributed by atoms with Gasteiger partial charge >= 0.3 is 0 Å². The fraction of sp³-hybridized carbons (Fsp3) is 0.231. The highest BCUT2D eigenvalue weighted by Crippen LogP contribution is 2.64. The molecular formula is C13H14O3S3. The monoisotopic (exact) mass is 314 g/mol. The molecule has 0 aliphatic carbocycles. The Morgan fingerprint density at radius 2 is 2.16 bits per heavy atom. The molecule has 6 heteroatoms. The Labute approximate surface area is 122 Å². The summed E-state index contributed by atoms with van der Waals surface area (Å²) in [4.78, 5) is 0.640. The maximum absolute atomic E-state index is 10.2. The van der Waals surface area contributed by atoms with Gasteiger partial charge in [0, 0.05) is 5.56 Å². The average molecular weight is 314 g/mol. The summed E-state index contributed by atoms with van der Waals surface area (Å²) in [6.45, 7) is 0. The van der Waals surface area contributed by atoms with Gasteiger partial charge in [0.05, 0.1) is 27.2 Å². The molecule has 0 bridgehead atoms. The number of thioether (sulfide) groups is 1. The van der Waals surface area contributed by atoms with Crippen molar-refractivity contribution in [3.8, 4) is 5.75 Å². The molecule has 2 aromatic rings. The second kappa shape index (κ2) is 5.03. The van der Waals surface area contributed by atoms with Crippen LogP contribution in [0.3, 0.4) is 0 Å². The topological polar surface area (TPSA) is 49.7 Å². The summed E-state index contributed by atoms with van der Waals surface area (Å²) < 4.78 is 27.0. The van der Waals surface area contributed by atoms with E-state index in [9.17, 15) is 9.11 Å². The minimum atomic E-state index is -2.69. The zero-order chi connectivity index (χ0) is 13.5. The Kier molecular flexibility index (Phi) is 3.53. The van der Waals surface area contributed by atoms with E-state index in [1.807, 2.05) is 23.6 Å². The number of thiophene rings is 1. The molecule has 2 N–H and O–H groups in total. The molecule has 102 valence electrons. The lowest BCUT2D eigenvalue weighted by Gasteiger charge is -2.27. The smallest absolute Gasteiger partial charge is 0.125 e. The minimum absolute atomic E-state index is 0.0369. The van der Waals surface area contributed by atoms with E-state index in [0.29, 0.717) is 10.6 Å². The zero-order valence-electron chi connectivity index (χ0n) is 10.3. The maximum atomic E-state index is 10.2. The first-order valence-electron chi connectivity index (χ1n) is 5.75. The highest BCUT2D eigenvalue weighted by atomic mass is 32.3. The number of hydrogen-bond acceptors (Lipinski definition) is 5. The molecule has 3 rings (SSSR count). The summed E-state index contributed by atoms with van der Waals surface area (Å²) in [6.07, 6.45) is 0. The second-order valence-corrected chi connectivity index (χ2v) is 8.80. The van der Waals surface area contributed by atoms with Gasteiger partial charge in [-0.05, 0) is 23.6 Å². The Bertz CT molecular complexity index is 581. The first kappa shape index (κ1) is 13.3. The van der Waals surface area contributed by atoms with Gasteiger partial charge in [-0.3, -0.25) is 9.11 Å². The molecule has 1 atom stereocenters. The third kappa shape index (κ3) is 2.39. The lowest BCUT2D eigenvalue weighted by atomic mass is 10.1. The van der Waals surface area contributed by atoms with Crippen molar-refractivity contribution in [2.45, 2.75) is 14.4 Å². The molecule has 0 radical (unpaired) electrons. The maximum Gasteiger partial charge on any atom is 0.125 e. The van der Waals surface area contributed by atoms with Crippen LogP contribution in [-0.2, 0) is 0 Å². The lowest BCUT2D eigenvalue weighted by molar-refractivity contribution is 0.408. The van der Waals surface area contributed by atoms with Gasteiger partial charge < -0.3 is 4.74 Å². The standard InChI is InChI=1S/C13H14O3S3/c1-16-9-4-2-5-11-13(9)10(8-19(11,14)15)18-12-6-3-7-17-12/h2-7,10,14-15H,8H2,1H3. The van der Waals surface area contributed by atoms with E-state index in [1.54, 1.807) is 36.3 Å². The molecule has 0 amide bonds. The van der Waals surface area contributed by atoms with E-state index in [4.69, 9.17) is 4.74 Å². The van der Waals surface area contributed by atoms with Crippen molar-refractivity contribution in [1.82, 2.24) is 0 Å². The van der Waals surface area contributed by atoms with Crippen LogP contribution in [0.25, 0.3) is 0 Å². The number of benzene rings is 1. The van der Waals surface area contributed by atoms with Crippen LogP contribution in [0.4, 0.5) is 0 Å². The fourth-order valence-electron chi connectivity index (χ4n) is 2.25. The van der Waals surface area contributed by atoms with Gasteiger partial charge in [-0.15, -0.1) is 23.1 Å². The number of ether oxygens (including phenoxy) is 1. The highest BCUT2D eigenvalue weighted by molar-refractivity contribution is 8.25. The van der Waals surface area contributed by atoms with E-state index in [-0.39, 0.29) is 5.25 Å². The van der Waals surface area contributed by atoms with E-state index < -0.39 is 10.6 Å². The van der Waals surface area contributed by atoms with E-state index >= 15 is 0 Å². The molecule has 0 saturated heterocycles. The van der Waals surface area contributed by atoms with Crippen molar-refractivity contribution in [2.24, 2.45) is 0 Å². The van der Waals surface area contributed by atoms with Gasteiger partial charge in [-0.25, -0.2) is 0 Å². The molecule has 1 aromatic carbocycles. The van der Waals surface area contributed by atoms with E-state index in [0.717, 1.165) is 11.3 Å². The number of fused-ring (bicyclic) bond motifs is 1. The molecule has 1 aromatic heterocycles. The third-order valence-electron chi connectivity index (χ3n) is 3.06. The number of rotatable bonds is 3. The summed E-state index contributed by atoms with van der Waals surface area (Å²) >= 11 is 3.34. The predicted molar refractivity (Wildman–Crippen MR) is 81.9 cm³/mol. The summed E-state index contributed by atoms with van der Waals surface area (Å²) in [5, 5.41) is 2.06. The molecule has 0 spiro atoms. The van der Waals surface area contributed by atoms with Crippen LogP contribution in [0, 0.1) is 0 Å². The fourth-order valence-corrected chi connectivity index (χ4v) is 6.81. The Hall–Kier alpha value is -0.660. The SMILES string of the molecule is COc1cccc2c1C(Sc1cccs1)CS2(O)O.